The van der Waals surface area contributed by atoms with Crippen LogP contribution in [-0.4, -0.2) is 51.4 Å². The molecule has 9 heteroatoms. The molecule has 1 unspecified atom stereocenters. The molecular weight excluding hydrogens is 364 g/mol. The number of anilines is 1. The second-order valence-corrected chi connectivity index (χ2v) is 8.59. The van der Waals surface area contributed by atoms with Gasteiger partial charge in [0.25, 0.3) is 0 Å². The van der Waals surface area contributed by atoms with Gasteiger partial charge in [0.15, 0.2) is 15.8 Å². The Labute approximate surface area is 153 Å². The molecule has 1 heterocycles. The van der Waals surface area contributed by atoms with Gasteiger partial charge in [-0.15, -0.1) is 0 Å². The summed E-state index contributed by atoms with van der Waals surface area (Å²) < 4.78 is 23.0. The lowest BCUT2D eigenvalue weighted by Crippen LogP contribution is -2.44. The predicted molar refractivity (Wildman–Crippen MR) is 101 cm³/mol. The van der Waals surface area contributed by atoms with E-state index in [1.165, 1.54) is 0 Å². The lowest BCUT2D eigenvalue weighted by molar-refractivity contribution is -0.116. The second-order valence-electron chi connectivity index (χ2n) is 5.95. The summed E-state index contributed by atoms with van der Waals surface area (Å²) in [5.41, 5.74) is 1.52. The number of carbonyl (C=O) groups is 1. The largest absolute Gasteiger partial charge is 0.356 e. The minimum atomic E-state index is -2.95. The summed E-state index contributed by atoms with van der Waals surface area (Å²) in [6.45, 7) is 2.22. The Morgan fingerprint density at radius 2 is 2.16 bits per heavy atom. The zero-order valence-electron chi connectivity index (χ0n) is 14.3. The van der Waals surface area contributed by atoms with Crippen LogP contribution in [0.5, 0.6) is 0 Å². The topological polar surface area (TPSA) is 99.7 Å². The molecule has 0 bridgehead atoms. The maximum Gasteiger partial charge on any atom is 0.226 e. The molecule has 1 atom stereocenters. The van der Waals surface area contributed by atoms with Crippen LogP contribution in [0.4, 0.5) is 5.69 Å². The lowest BCUT2D eigenvalue weighted by Gasteiger charge is -2.16. The highest BCUT2D eigenvalue weighted by atomic mass is 35.5. The van der Waals surface area contributed by atoms with E-state index in [4.69, 9.17) is 11.6 Å². The summed E-state index contributed by atoms with van der Waals surface area (Å²) in [7, 11) is -1.34. The van der Waals surface area contributed by atoms with Gasteiger partial charge in [-0.25, -0.2) is 8.42 Å². The summed E-state index contributed by atoms with van der Waals surface area (Å²) in [4.78, 5) is 16.1. The van der Waals surface area contributed by atoms with Gasteiger partial charge >= 0.3 is 0 Å². The molecule has 1 aliphatic heterocycles. The van der Waals surface area contributed by atoms with E-state index in [2.05, 4.69) is 20.9 Å². The fourth-order valence-corrected chi connectivity index (χ4v) is 4.39. The Morgan fingerprint density at radius 3 is 2.80 bits per heavy atom. The lowest BCUT2D eigenvalue weighted by atomic mass is 10.2. The summed E-state index contributed by atoms with van der Waals surface area (Å²) in [5, 5.41) is 9.52. The zero-order chi connectivity index (χ0) is 18.4. The van der Waals surface area contributed by atoms with Gasteiger partial charge in [-0.2, -0.15) is 0 Å². The van der Waals surface area contributed by atoms with Gasteiger partial charge in [0, 0.05) is 36.8 Å². The third-order valence-electron chi connectivity index (χ3n) is 3.98. The smallest absolute Gasteiger partial charge is 0.226 e. The molecule has 0 spiro atoms. The van der Waals surface area contributed by atoms with Crippen molar-refractivity contribution in [2.45, 2.75) is 25.8 Å². The Morgan fingerprint density at radius 1 is 1.40 bits per heavy atom. The number of hydrogen-bond donors (Lipinski definition) is 3. The quantitative estimate of drug-likeness (QED) is 0.523. The number of rotatable bonds is 5. The molecule has 138 valence electrons. The Balaban J connectivity index is 1.77. The van der Waals surface area contributed by atoms with E-state index in [0.717, 1.165) is 5.56 Å². The van der Waals surface area contributed by atoms with Crippen molar-refractivity contribution in [1.82, 2.24) is 10.6 Å². The van der Waals surface area contributed by atoms with Gasteiger partial charge in [0.2, 0.25) is 5.91 Å². The maximum atomic E-state index is 12.0. The van der Waals surface area contributed by atoms with Gasteiger partial charge in [-0.1, -0.05) is 17.7 Å². The molecule has 25 heavy (non-hydrogen) atoms. The van der Waals surface area contributed by atoms with Crippen molar-refractivity contribution in [1.29, 1.82) is 0 Å². The number of amides is 1. The summed E-state index contributed by atoms with van der Waals surface area (Å²) in [6.07, 6.45) is 0.813. The summed E-state index contributed by atoms with van der Waals surface area (Å²) in [5.74, 6) is 0.663. The van der Waals surface area contributed by atoms with Gasteiger partial charge in [-0.3, -0.25) is 9.79 Å². The number of halogens is 1. The van der Waals surface area contributed by atoms with Crippen LogP contribution in [0.15, 0.2) is 23.2 Å². The number of nitrogens with zero attached hydrogens (tertiary/aromatic N) is 1. The normalized spacial score (nSPS) is 19.5. The van der Waals surface area contributed by atoms with E-state index >= 15 is 0 Å². The fraction of sp³-hybridized carbons (Fsp3) is 0.500. The Hall–Kier alpha value is -1.80. The first kappa shape index (κ1) is 19.5. The van der Waals surface area contributed by atoms with Gasteiger partial charge in [-0.05, 0) is 31.0 Å². The molecule has 1 amide bonds. The van der Waals surface area contributed by atoms with Crippen molar-refractivity contribution in [3.05, 3.63) is 28.8 Å². The molecule has 0 radical (unpaired) electrons. The maximum absolute atomic E-state index is 12.0. The molecule has 1 aromatic carbocycles. The molecule has 0 saturated carbocycles. The molecule has 0 aliphatic carbocycles. The van der Waals surface area contributed by atoms with E-state index in [9.17, 15) is 13.2 Å². The van der Waals surface area contributed by atoms with Crippen molar-refractivity contribution in [3.63, 3.8) is 0 Å². The van der Waals surface area contributed by atoms with Crippen LogP contribution in [0.3, 0.4) is 0 Å². The average Bonchev–Trinajstić information content (AvgIpc) is 2.89. The van der Waals surface area contributed by atoms with Crippen molar-refractivity contribution in [2.24, 2.45) is 4.99 Å². The predicted octanol–water partition coefficient (Wildman–Crippen LogP) is 1.33. The van der Waals surface area contributed by atoms with Crippen LogP contribution < -0.4 is 16.0 Å². The molecule has 7 nitrogen and oxygen atoms in total. The van der Waals surface area contributed by atoms with Crippen molar-refractivity contribution < 1.29 is 13.2 Å². The highest BCUT2D eigenvalue weighted by Gasteiger charge is 2.28. The summed E-state index contributed by atoms with van der Waals surface area (Å²) >= 11 is 6.03. The summed E-state index contributed by atoms with van der Waals surface area (Å²) in [6, 6.07) is 5.21. The van der Waals surface area contributed by atoms with Crippen LogP contribution >= 0.6 is 11.6 Å². The molecule has 2 rings (SSSR count). The van der Waals surface area contributed by atoms with Crippen molar-refractivity contribution in [2.75, 3.05) is 30.4 Å². The molecule has 0 aromatic heterocycles. The highest BCUT2D eigenvalue weighted by molar-refractivity contribution is 7.91. The molecule has 1 saturated heterocycles. The molecule has 1 fully saturated rings. The van der Waals surface area contributed by atoms with E-state index in [1.54, 1.807) is 25.2 Å². The van der Waals surface area contributed by atoms with Gasteiger partial charge in [0.1, 0.15) is 0 Å². The van der Waals surface area contributed by atoms with E-state index in [1.807, 2.05) is 6.92 Å². The standard InChI is InChI=1S/C16H23ClN4O3S/c1-11-13(17)4-3-5-14(11)21-15(22)6-8-19-16(18-2)20-12-7-9-25(23,24)10-12/h3-5,12H,6-10H2,1-2H3,(H,21,22)(H2,18,19,20). The second kappa shape index (κ2) is 8.53. The van der Waals surface area contributed by atoms with Crippen LogP contribution in [0.2, 0.25) is 5.02 Å². The minimum Gasteiger partial charge on any atom is -0.356 e. The van der Waals surface area contributed by atoms with Gasteiger partial charge in [0.05, 0.1) is 11.5 Å². The number of aliphatic imine (C=N–C) groups is 1. The molecule has 1 aromatic rings. The number of carbonyl (C=O) groups excluding carboxylic acids is 1. The number of guanidine groups is 1. The first-order chi connectivity index (χ1) is 11.8. The average molecular weight is 387 g/mol. The van der Waals surface area contributed by atoms with Crippen LogP contribution in [-0.2, 0) is 14.6 Å². The molecule has 1 aliphatic rings. The van der Waals surface area contributed by atoms with Crippen molar-refractivity contribution in [3.8, 4) is 0 Å². The fourth-order valence-electron chi connectivity index (χ4n) is 2.55. The number of hydrogen-bond acceptors (Lipinski definition) is 4. The molecular formula is C16H23ClN4O3S. The number of benzene rings is 1. The SMILES string of the molecule is CN=C(NCCC(=O)Nc1cccc(Cl)c1C)NC1CCS(=O)(=O)C1. The minimum absolute atomic E-state index is 0.113. The van der Waals surface area contributed by atoms with E-state index in [-0.39, 0.29) is 29.9 Å². The monoisotopic (exact) mass is 386 g/mol. The van der Waals surface area contributed by atoms with E-state index in [0.29, 0.717) is 29.6 Å². The third-order valence-corrected chi connectivity index (χ3v) is 6.16. The van der Waals surface area contributed by atoms with Crippen LogP contribution in [0.1, 0.15) is 18.4 Å². The Bertz CT molecular complexity index is 765. The third kappa shape index (κ3) is 5.89. The zero-order valence-corrected chi connectivity index (χ0v) is 15.9. The van der Waals surface area contributed by atoms with Crippen molar-refractivity contribution >= 4 is 39.0 Å². The van der Waals surface area contributed by atoms with Crippen LogP contribution in [0, 0.1) is 6.92 Å². The number of nitrogens with one attached hydrogen (secondary N) is 3. The van der Waals surface area contributed by atoms with Gasteiger partial charge < -0.3 is 16.0 Å². The Kier molecular flexibility index (Phi) is 6.66. The molecule has 3 N–H and O–H groups in total. The highest BCUT2D eigenvalue weighted by Crippen LogP contribution is 2.22. The first-order valence-electron chi connectivity index (χ1n) is 8.03. The van der Waals surface area contributed by atoms with E-state index < -0.39 is 9.84 Å². The first-order valence-corrected chi connectivity index (χ1v) is 10.2. The number of sulfone groups is 1. The van der Waals surface area contributed by atoms with Crippen LogP contribution in [0.25, 0.3) is 0 Å².